The highest BCUT2D eigenvalue weighted by atomic mass is 31.1. The van der Waals surface area contributed by atoms with E-state index in [1.54, 1.807) is 16.5 Å². The van der Waals surface area contributed by atoms with Crippen molar-refractivity contribution < 1.29 is 0 Å². The van der Waals surface area contributed by atoms with Crippen LogP contribution in [0.5, 0.6) is 0 Å². The van der Waals surface area contributed by atoms with Gasteiger partial charge in [0, 0.05) is 29.1 Å². The minimum atomic E-state index is -0.107. The lowest BCUT2D eigenvalue weighted by Gasteiger charge is -2.24. The van der Waals surface area contributed by atoms with E-state index >= 15 is 0 Å². The van der Waals surface area contributed by atoms with Crippen LogP contribution in [0.15, 0.2) is 65.9 Å². The van der Waals surface area contributed by atoms with E-state index in [1.165, 1.54) is 12.1 Å². The summed E-state index contributed by atoms with van der Waals surface area (Å²) in [5.74, 6) is 0.617. The molecule has 2 aromatic rings. The van der Waals surface area contributed by atoms with Crippen molar-refractivity contribution in [1.82, 2.24) is 4.98 Å². The average molecular weight is 293 g/mol. The molecule has 4 atom stereocenters. The molecule has 0 saturated carbocycles. The molecule has 21 heavy (non-hydrogen) atoms. The summed E-state index contributed by atoms with van der Waals surface area (Å²) >= 11 is 0. The fourth-order valence-corrected chi connectivity index (χ4v) is 8.02. The number of hydrogen-bond acceptors (Lipinski definition) is 1. The zero-order valence-corrected chi connectivity index (χ0v) is 13.4. The maximum Gasteiger partial charge on any atom is 0.0444 e. The predicted octanol–water partition coefficient (Wildman–Crippen LogP) is 4.46. The van der Waals surface area contributed by atoms with Gasteiger partial charge in [-0.25, -0.2) is 0 Å². The second-order valence-electron chi connectivity index (χ2n) is 6.17. The van der Waals surface area contributed by atoms with Gasteiger partial charge in [0.1, 0.15) is 0 Å². The summed E-state index contributed by atoms with van der Waals surface area (Å²) in [6.45, 7) is 4.71. The van der Waals surface area contributed by atoms with Gasteiger partial charge in [0.15, 0.2) is 0 Å². The number of nitrogens with zero attached hydrogens (tertiary/aromatic N) is 1. The predicted molar refractivity (Wildman–Crippen MR) is 90.5 cm³/mol. The summed E-state index contributed by atoms with van der Waals surface area (Å²) in [6.07, 6.45) is 3.23. The molecule has 2 bridgehead atoms. The molecule has 2 heteroatoms. The molecule has 2 aliphatic heterocycles. The maximum absolute atomic E-state index is 4.65. The third-order valence-corrected chi connectivity index (χ3v) is 8.69. The molecule has 1 nitrogen and oxygen atoms in total. The SMILES string of the molecule is CC1=C(C)[C@@H]2[C@H](c3ccccn3)C[C@H]1[P@@]2c1ccccc1. The molecule has 0 aliphatic carbocycles. The molecule has 106 valence electrons. The first-order chi connectivity index (χ1) is 10.3. The lowest BCUT2D eigenvalue weighted by Crippen LogP contribution is -2.17. The Kier molecular flexibility index (Phi) is 3.19. The van der Waals surface area contributed by atoms with Crippen molar-refractivity contribution in [2.45, 2.75) is 37.5 Å². The van der Waals surface area contributed by atoms with Crippen LogP contribution in [-0.4, -0.2) is 16.3 Å². The lowest BCUT2D eigenvalue weighted by molar-refractivity contribution is 0.622. The number of pyridine rings is 1. The fourth-order valence-electron chi connectivity index (χ4n) is 4.08. The summed E-state index contributed by atoms with van der Waals surface area (Å²) < 4.78 is 0. The zero-order chi connectivity index (χ0) is 14.4. The summed E-state index contributed by atoms with van der Waals surface area (Å²) in [4.78, 5) is 4.65. The Morgan fingerprint density at radius 2 is 1.71 bits per heavy atom. The zero-order valence-electron chi connectivity index (χ0n) is 12.5. The van der Waals surface area contributed by atoms with Crippen molar-refractivity contribution in [3.05, 3.63) is 71.6 Å². The molecular formula is C19H20NP. The minimum Gasteiger partial charge on any atom is -0.261 e. The summed E-state index contributed by atoms with van der Waals surface area (Å²) in [5, 5.41) is 1.57. The van der Waals surface area contributed by atoms with E-state index in [-0.39, 0.29) is 7.92 Å². The molecule has 1 saturated heterocycles. The van der Waals surface area contributed by atoms with E-state index in [2.05, 4.69) is 61.3 Å². The van der Waals surface area contributed by atoms with Crippen LogP contribution in [-0.2, 0) is 0 Å². The Morgan fingerprint density at radius 1 is 0.952 bits per heavy atom. The van der Waals surface area contributed by atoms with E-state index in [1.807, 2.05) is 12.3 Å². The molecule has 1 aromatic carbocycles. The topological polar surface area (TPSA) is 12.9 Å². The number of allylic oxidation sites excluding steroid dienone is 2. The molecule has 0 N–H and O–H groups in total. The van der Waals surface area contributed by atoms with E-state index < -0.39 is 0 Å². The van der Waals surface area contributed by atoms with Gasteiger partial charge < -0.3 is 0 Å². The Balaban J connectivity index is 1.77. The number of fused-ring (bicyclic) bond motifs is 2. The van der Waals surface area contributed by atoms with Gasteiger partial charge in [-0.3, -0.25) is 4.98 Å². The second kappa shape index (κ2) is 5.07. The first-order valence-corrected chi connectivity index (χ1v) is 9.17. The molecule has 0 radical (unpaired) electrons. The van der Waals surface area contributed by atoms with Crippen LogP contribution in [0.3, 0.4) is 0 Å². The summed E-state index contributed by atoms with van der Waals surface area (Å²) in [5.41, 5.74) is 6.04. The van der Waals surface area contributed by atoms with Crippen molar-refractivity contribution in [2.24, 2.45) is 0 Å². The van der Waals surface area contributed by atoms with E-state index in [0.717, 1.165) is 5.66 Å². The Labute approximate surface area is 127 Å². The molecular weight excluding hydrogens is 273 g/mol. The van der Waals surface area contributed by atoms with Crippen molar-refractivity contribution in [2.75, 3.05) is 0 Å². The van der Waals surface area contributed by atoms with Gasteiger partial charge in [0.25, 0.3) is 0 Å². The van der Waals surface area contributed by atoms with Gasteiger partial charge in [-0.2, -0.15) is 0 Å². The first kappa shape index (κ1) is 13.2. The Hall–Kier alpha value is -1.46. The van der Waals surface area contributed by atoms with Gasteiger partial charge >= 0.3 is 0 Å². The molecule has 0 amide bonds. The third kappa shape index (κ3) is 1.99. The van der Waals surface area contributed by atoms with Crippen LogP contribution in [0.2, 0.25) is 0 Å². The highest BCUT2D eigenvalue weighted by molar-refractivity contribution is 7.68. The van der Waals surface area contributed by atoms with E-state index in [4.69, 9.17) is 0 Å². The van der Waals surface area contributed by atoms with Gasteiger partial charge in [0.05, 0.1) is 0 Å². The van der Waals surface area contributed by atoms with Crippen LogP contribution in [0.25, 0.3) is 0 Å². The molecule has 2 aliphatic rings. The second-order valence-corrected chi connectivity index (χ2v) is 8.68. The Bertz CT molecular complexity index is 677. The van der Waals surface area contributed by atoms with Crippen LogP contribution in [0, 0.1) is 0 Å². The van der Waals surface area contributed by atoms with Crippen molar-refractivity contribution in [3.8, 4) is 0 Å². The van der Waals surface area contributed by atoms with Crippen LogP contribution in [0.4, 0.5) is 0 Å². The average Bonchev–Trinajstić information content (AvgIpc) is 3.04. The highest BCUT2D eigenvalue weighted by Gasteiger charge is 2.51. The minimum absolute atomic E-state index is 0.107. The fraction of sp³-hybridized carbons (Fsp3) is 0.316. The number of rotatable bonds is 2. The number of hydrogen-bond donors (Lipinski definition) is 0. The van der Waals surface area contributed by atoms with Crippen molar-refractivity contribution in [1.29, 1.82) is 0 Å². The third-order valence-electron chi connectivity index (χ3n) is 5.18. The van der Waals surface area contributed by atoms with E-state index in [9.17, 15) is 0 Å². The van der Waals surface area contributed by atoms with Gasteiger partial charge in [-0.15, -0.1) is 0 Å². The quantitative estimate of drug-likeness (QED) is 0.588. The maximum atomic E-state index is 4.65. The first-order valence-electron chi connectivity index (χ1n) is 7.69. The van der Waals surface area contributed by atoms with Crippen LogP contribution >= 0.6 is 7.92 Å². The standard InChI is InChI=1S/C19H20NP/c1-13-14(2)19-16(17-10-6-7-11-20-17)12-18(13)21(19)15-8-4-3-5-9-15/h3-11,16,18-19H,12H2,1-2H3/t16-,18+,19+,21+/m0/s1. The normalized spacial score (nSPS) is 31.0. The smallest absolute Gasteiger partial charge is 0.0444 e. The molecule has 4 rings (SSSR count). The largest absolute Gasteiger partial charge is 0.261 e. The molecule has 0 spiro atoms. The highest BCUT2D eigenvalue weighted by Crippen LogP contribution is 2.69. The number of benzene rings is 1. The summed E-state index contributed by atoms with van der Waals surface area (Å²) in [7, 11) is -0.107. The van der Waals surface area contributed by atoms with Gasteiger partial charge in [-0.1, -0.05) is 55.5 Å². The molecule has 1 aromatic heterocycles. The van der Waals surface area contributed by atoms with Crippen LogP contribution < -0.4 is 5.30 Å². The van der Waals surface area contributed by atoms with Gasteiger partial charge in [0.2, 0.25) is 0 Å². The summed E-state index contributed by atoms with van der Waals surface area (Å²) in [6, 6.07) is 17.5. The van der Waals surface area contributed by atoms with Gasteiger partial charge in [-0.05, 0) is 37.7 Å². The molecule has 1 fully saturated rings. The Morgan fingerprint density at radius 3 is 2.43 bits per heavy atom. The number of aromatic nitrogens is 1. The van der Waals surface area contributed by atoms with Crippen molar-refractivity contribution >= 4 is 13.2 Å². The van der Waals surface area contributed by atoms with Crippen LogP contribution in [0.1, 0.15) is 31.9 Å². The molecule has 3 heterocycles. The molecule has 0 unspecified atom stereocenters. The van der Waals surface area contributed by atoms with E-state index in [0.29, 0.717) is 11.6 Å². The monoisotopic (exact) mass is 293 g/mol. The lowest BCUT2D eigenvalue weighted by atomic mass is 9.83. The van der Waals surface area contributed by atoms with Crippen molar-refractivity contribution in [3.63, 3.8) is 0 Å².